The van der Waals surface area contributed by atoms with Gasteiger partial charge in [-0.2, -0.15) is 0 Å². The summed E-state index contributed by atoms with van der Waals surface area (Å²) in [4.78, 5) is 13.8. The van der Waals surface area contributed by atoms with E-state index in [2.05, 4.69) is 94.6 Å². The van der Waals surface area contributed by atoms with Crippen LogP contribution in [0.1, 0.15) is 114 Å². The first kappa shape index (κ1) is 37.3. The van der Waals surface area contributed by atoms with Crippen molar-refractivity contribution in [2.24, 2.45) is 34.5 Å². The molecule has 0 unspecified atom stereocenters. The van der Waals surface area contributed by atoms with Crippen molar-refractivity contribution in [2.45, 2.75) is 168 Å². The Morgan fingerprint density at radius 1 is 0.956 bits per heavy atom. The Balaban J connectivity index is 1.60. The van der Waals surface area contributed by atoms with E-state index in [9.17, 15) is 4.79 Å². The second-order valence-electron chi connectivity index (χ2n) is 19.3. The van der Waals surface area contributed by atoms with Crippen LogP contribution in [0.3, 0.4) is 0 Å². The zero-order valence-corrected chi connectivity index (χ0v) is 34.1. The third kappa shape index (κ3) is 7.00. The van der Waals surface area contributed by atoms with E-state index >= 15 is 0 Å². The fraction of sp³-hybridized carbons (Fsp3) is 0.921. The Hall–Kier alpha value is -0.476. The minimum Gasteiger partial charge on any atom is -0.414 e. The van der Waals surface area contributed by atoms with Crippen molar-refractivity contribution in [1.29, 1.82) is 0 Å². The van der Waals surface area contributed by atoms with Crippen LogP contribution in [0.15, 0.2) is 11.6 Å². The van der Waals surface area contributed by atoms with Gasteiger partial charge in [0.05, 0.1) is 31.3 Å². The molecule has 3 fully saturated rings. The summed E-state index contributed by atoms with van der Waals surface area (Å²) in [6.07, 6.45) is 12.2. The summed E-state index contributed by atoms with van der Waals surface area (Å²) in [5.41, 5.74) is 2.01. The van der Waals surface area contributed by atoms with Crippen molar-refractivity contribution in [3.8, 4) is 0 Å². The molecule has 0 spiro atoms. The maximum absolute atomic E-state index is 12.2. The van der Waals surface area contributed by atoms with Crippen molar-refractivity contribution < 1.29 is 18.4 Å². The standard InChI is InChI=1S/C38H71NO4Si2/c1-26(41-23-21-34(40)39(10)11)30-18-19-31-29-17-16-27-24-28(42-44(12,13)35(2,3)4)25-33(43-45(14,15)36(5,6)7)38(27,9)32(29)20-22-37(30,31)8/h16,26,28-33H,17-25H2,1-15H3/t26-,28+,29-,30+,31-,32-,33-,37+,38-/m0/s1. The number of allylic oxidation sites excluding steroid dienone is 1. The van der Waals surface area contributed by atoms with Gasteiger partial charge in [0, 0.05) is 19.5 Å². The van der Waals surface area contributed by atoms with Gasteiger partial charge >= 0.3 is 0 Å². The Kier molecular flexibility index (Phi) is 10.6. The third-order valence-corrected chi connectivity index (χ3v) is 23.5. The van der Waals surface area contributed by atoms with E-state index in [1.165, 1.54) is 32.1 Å². The summed E-state index contributed by atoms with van der Waals surface area (Å²) in [6.45, 7) is 32.0. The monoisotopic (exact) mass is 661 g/mol. The molecule has 0 N–H and O–H groups in total. The van der Waals surface area contributed by atoms with Gasteiger partial charge in [0.15, 0.2) is 16.6 Å². The molecule has 0 aromatic carbocycles. The highest BCUT2D eigenvalue weighted by molar-refractivity contribution is 6.74. The van der Waals surface area contributed by atoms with E-state index in [1.54, 1.807) is 10.5 Å². The molecule has 4 aliphatic carbocycles. The zero-order valence-electron chi connectivity index (χ0n) is 32.1. The lowest BCUT2D eigenvalue weighted by Gasteiger charge is -2.62. The summed E-state index contributed by atoms with van der Waals surface area (Å²) in [5.74, 6) is 2.79. The Bertz CT molecular complexity index is 1100. The number of carbonyl (C=O) groups is 1. The van der Waals surface area contributed by atoms with Crippen LogP contribution in [0.5, 0.6) is 0 Å². The molecule has 0 radical (unpaired) electrons. The average molecular weight is 662 g/mol. The molecule has 0 aromatic rings. The van der Waals surface area contributed by atoms with Crippen molar-refractivity contribution in [3.63, 3.8) is 0 Å². The molecule has 5 nitrogen and oxygen atoms in total. The van der Waals surface area contributed by atoms with E-state index in [1.807, 2.05) is 14.1 Å². The molecule has 45 heavy (non-hydrogen) atoms. The molecule has 0 bridgehead atoms. The van der Waals surface area contributed by atoms with Gasteiger partial charge in [-0.05, 0) is 117 Å². The maximum Gasteiger partial charge on any atom is 0.224 e. The Morgan fingerprint density at radius 2 is 1.56 bits per heavy atom. The van der Waals surface area contributed by atoms with E-state index in [4.69, 9.17) is 13.6 Å². The predicted octanol–water partition coefficient (Wildman–Crippen LogP) is 9.84. The van der Waals surface area contributed by atoms with Gasteiger partial charge in [0.2, 0.25) is 5.91 Å². The molecule has 260 valence electrons. The van der Waals surface area contributed by atoms with Crippen LogP contribution in [-0.2, 0) is 18.4 Å². The first-order valence-electron chi connectivity index (χ1n) is 18.3. The molecule has 4 rings (SSSR count). The molecule has 7 heteroatoms. The minimum atomic E-state index is -2.01. The third-order valence-electron chi connectivity index (χ3n) is 14.5. The quantitative estimate of drug-likeness (QED) is 0.182. The van der Waals surface area contributed by atoms with Crippen LogP contribution < -0.4 is 0 Å². The smallest absolute Gasteiger partial charge is 0.224 e. The van der Waals surface area contributed by atoms with Crippen LogP contribution in [0.2, 0.25) is 36.3 Å². The highest BCUT2D eigenvalue weighted by Crippen LogP contribution is 2.67. The summed E-state index contributed by atoms with van der Waals surface area (Å²) in [6, 6.07) is 0. The summed E-state index contributed by atoms with van der Waals surface area (Å²) >= 11 is 0. The molecule has 9 atom stereocenters. The number of hydrogen-bond acceptors (Lipinski definition) is 4. The summed E-state index contributed by atoms with van der Waals surface area (Å²) < 4.78 is 21.1. The van der Waals surface area contributed by atoms with Crippen molar-refractivity contribution >= 4 is 22.5 Å². The first-order valence-corrected chi connectivity index (χ1v) is 24.1. The Morgan fingerprint density at radius 3 is 2.13 bits per heavy atom. The molecule has 4 aliphatic rings. The van der Waals surface area contributed by atoms with Gasteiger partial charge in [-0.1, -0.05) is 67.0 Å². The number of carbonyl (C=O) groups excluding carboxylic acids is 1. The topological polar surface area (TPSA) is 48.0 Å². The second kappa shape index (κ2) is 12.8. The fourth-order valence-corrected chi connectivity index (χ4v) is 12.3. The van der Waals surface area contributed by atoms with Gasteiger partial charge in [0.1, 0.15) is 0 Å². The maximum atomic E-state index is 12.2. The molecule has 3 saturated carbocycles. The van der Waals surface area contributed by atoms with Gasteiger partial charge < -0.3 is 18.5 Å². The molecular formula is C38H71NO4Si2. The lowest BCUT2D eigenvalue weighted by molar-refractivity contribution is -0.131. The Labute approximate surface area is 280 Å². The molecule has 0 heterocycles. The van der Waals surface area contributed by atoms with Crippen LogP contribution in [0, 0.1) is 34.5 Å². The van der Waals surface area contributed by atoms with Crippen LogP contribution in [-0.4, -0.2) is 66.5 Å². The molecular weight excluding hydrogens is 591 g/mol. The van der Waals surface area contributed by atoms with E-state index in [0.29, 0.717) is 36.2 Å². The van der Waals surface area contributed by atoms with Gasteiger partial charge in [-0.25, -0.2) is 0 Å². The number of hydrogen-bond donors (Lipinski definition) is 0. The van der Waals surface area contributed by atoms with Crippen molar-refractivity contribution in [2.75, 3.05) is 20.7 Å². The number of nitrogens with zero attached hydrogens (tertiary/aromatic N) is 1. The van der Waals surface area contributed by atoms with E-state index in [0.717, 1.165) is 18.8 Å². The number of rotatable bonds is 9. The normalized spacial score (nSPS) is 36.5. The molecule has 0 saturated heterocycles. The van der Waals surface area contributed by atoms with Crippen LogP contribution in [0.25, 0.3) is 0 Å². The van der Waals surface area contributed by atoms with E-state index < -0.39 is 16.6 Å². The van der Waals surface area contributed by atoms with Gasteiger partial charge in [0.25, 0.3) is 0 Å². The lowest BCUT2D eigenvalue weighted by Crippen LogP contribution is -2.60. The van der Waals surface area contributed by atoms with Crippen molar-refractivity contribution in [1.82, 2.24) is 4.90 Å². The molecule has 0 aliphatic heterocycles. The number of ether oxygens (including phenoxy) is 1. The largest absolute Gasteiger partial charge is 0.414 e. The molecule has 0 aromatic heterocycles. The SMILES string of the molecule is C[C@H](OCCC(=O)N(C)C)[C@H]1CC[C@H]2[C@@H]3CC=C4C[C@@H](O[Si](C)(C)C(C)(C)C)C[C@H](O[Si](C)(C)C(C)(C)C)[C@]4(C)[C@H]3CC[C@]12C. The fourth-order valence-electron chi connectivity index (χ4n) is 9.53. The number of amides is 1. The lowest BCUT2D eigenvalue weighted by atomic mass is 9.46. The summed E-state index contributed by atoms with van der Waals surface area (Å²) in [5, 5.41) is 0.372. The molecule has 1 amide bonds. The number of fused-ring (bicyclic) bond motifs is 5. The van der Waals surface area contributed by atoms with Gasteiger partial charge in [-0.3, -0.25) is 4.79 Å². The van der Waals surface area contributed by atoms with Crippen LogP contribution >= 0.6 is 0 Å². The highest BCUT2D eigenvalue weighted by atomic mass is 28.4. The average Bonchev–Trinajstić information content (AvgIpc) is 3.25. The van der Waals surface area contributed by atoms with Crippen molar-refractivity contribution in [3.05, 3.63) is 11.6 Å². The van der Waals surface area contributed by atoms with Crippen LogP contribution in [0.4, 0.5) is 0 Å². The van der Waals surface area contributed by atoms with Gasteiger partial charge in [-0.15, -0.1) is 0 Å². The summed E-state index contributed by atoms with van der Waals surface area (Å²) in [7, 11) is -0.259. The predicted molar refractivity (Wildman–Crippen MR) is 193 cm³/mol. The zero-order chi connectivity index (χ0) is 34.0. The highest BCUT2D eigenvalue weighted by Gasteiger charge is 2.62. The minimum absolute atomic E-state index is 0.0692. The first-order chi connectivity index (χ1) is 20.5. The van der Waals surface area contributed by atoms with E-state index in [-0.39, 0.29) is 39.7 Å². The second-order valence-corrected chi connectivity index (χ2v) is 28.8.